The number of carbonyl (C=O) groups excluding carboxylic acids is 1. The Hall–Kier alpha value is -4.15. The quantitative estimate of drug-likeness (QED) is 0.213. The minimum atomic E-state index is -0.721. The fourth-order valence-corrected chi connectivity index (χ4v) is 6.35. The Kier molecular flexibility index (Phi) is 7.51. The molecule has 7 nitrogen and oxygen atoms in total. The lowest BCUT2D eigenvalue weighted by atomic mass is 10.0. The highest BCUT2D eigenvalue weighted by atomic mass is 32.1. The van der Waals surface area contributed by atoms with Crippen molar-refractivity contribution in [1.82, 2.24) is 24.6 Å². The van der Waals surface area contributed by atoms with Crippen LogP contribution in [0.5, 0.6) is 0 Å². The molecule has 0 spiro atoms. The molecule has 1 saturated heterocycles. The summed E-state index contributed by atoms with van der Waals surface area (Å²) >= 11 is 1.48. The van der Waals surface area contributed by atoms with Gasteiger partial charge in [0.1, 0.15) is 17.2 Å². The molecule has 0 atom stereocenters. The molecule has 0 bridgehead atoms. The Morgan fingerprint density at radius 1 is 1.05 bits per heavy atom. The molecule has 0 unspecified atom stereocenters. The van der Waals surface area contributed by atoms with E-state index in [2.05, 4.69) is 47.7 Å². The predicted molar refractivity (Wildman–Crippen MR) is 161 cm³/mol. The van der Waals surface area contributed by atoms with Crippen molar-refractivity contribution in [3.63, 3.8) is 0 Å². The second kappa shape index (κ2) is 11.4. The number of rotatable bonds is 6. The molecule has 0 radical (unpaired) electrons. The normalized spacial score (nSPS) is 16.5. The van der Waals surface area contributed by atoms with Crippen LogP contribution in [0.3, 0.4) is 0 Å². The van der Waals surface area contributed by atoms with Gasteiger partial charge in [-0.3, -0.25) is 9.48 Å². The second-order valence-corrected chi connectivity index (χ2v) is 11.2. The summed E-state index contributed by atoms with van der Waals surface area (Å²) in [5.74, 6) is -0.857. The lowest BCUT2D eigenvalue weighted by Gasteiger charge is -2.34. The van der Waals surface area contributed by atoms with E-state index in [-0.39, 0.29) is 12.2 Å². The summed E-state index contributed by atoms with van der Waals surface area (Å²) in [4.78, 5) is 23.7. The first-order valence-electron chi connectivity index (χ1n) is 13.5. The van der Waals surface area contributed by atoms with Gasteiger partial charge < -0.3 is 14.7 Å². The highest BCUT2D eigenvalue weighted by molar-refractivity contribution is 7.17. The van der Waals surface area contributed by atoms with Gasteiger partial charge in [-0.25, -0.2) is 13.8 Å². The van der Waals surface area contributed by atoms with Gasteiger partial charge in [0.2, 0.25) is 5.91 Å². The van der Waals surface area contributed by atoms with Crippen LogP contribution in [0.4, 0.5) is 14.5 Å². The van der Waals surface area contributed by atoms with Crippen molar-refractivity contribution in [2.75, 3.05) is 44.7 Å². The lowest BCUT2D eigenvalue weighted by Crippen LogP contribution is -2.44. The number of thiophene rings is 1. The molecule has 10 heteroatoms. The molecule has 5 heterocycles. The van der Waals surface area contributed by atoms with Gasteiger partial charge in [-0.2, -0.15) is 5.10 Å². The molecule has 1 aromatic carbocycles. The monoisotopic (exact) mass is 572 g/mol. The largest absolute Gasteiger partial charge is 0.369 e. The highest BCUT2D eigenvalue weighted by Gasteiger charge is 2.24. The zero-order valence-electron chi connectivity index (χ0n) is 22.8. The van der Waals surface area contributed by atoms with Gasteiger partial charge >= 0.3 is 0 Å². The van der Waals surface area contributed by atoms with Crippen molar-refractivity contribution < 1.29 is 13.6 Å². The number of pyridine rings is 1. The molecule has 3 aromatic heterocycles. The number of fused-ring (bicyclic) bond motifs is 2. The summed E-state index contributed by atoms with van der Waals surface area (Å²) < 4.78 is 30.3. The minimum absolute atomic E-state index is 0.136. The van der Waals surface area contributed by atoms with Gasteiger partial charge in [0.25, 0.3) is 0 Å². The van der Waals surface area contributed by atoms with Crippen LogP contribution in [-0.4, -0.2) is 70.2 Å². The van der Waals surface area contributed by atoms with Crippen LogP contribution in [0.2, 0.25) is 0 Å². The Balaban J connectivity index is 1.45. The van der Waals surface area contributed by atoms with Crippen molar-refractivity contribution in [3.05, 3.63) is 83.9 Å². The average molecular weight is 573 g/mol. The minimum Gasteiger partial charge on any atom is -0.369 e. The number of carbonyl (C=O) groups is 1. The average Bonchev–Trinajstić information content (AvgIpc) is 3.65. The summed E-state index contributed by atoms with van der Waals surface area (Å²) in [7, 11) is 2.14. The van der Waals surface area contributed by atoms with Crippen molar-refractivity contribution in [3.8, 4) is 22.6 Å². The number of nitrogens with zero attached hydrogens (tertiary/aromatic N) is 6. The Bertz CT molecular complexity index is 1660. The van der Waals surface area contributed by atoms with E-state index in [0.717, 1.165) is 59.3 Å². The third-order valence-electron chi connectivity index (χ3n) is 7.68. The zero-order chi connectivity index (χ0) is 28.5. The first-order chi connectivity index (χ1) is 19.9. The van der Waals surface area contributed by atoms with E-state index in [1.165, 1.54) is 29.2 Å². The molecule has 4 aromatic rings. The first kappa shape index (κ1) is 27.0. The maximum absolute atomic E-state index is 14.7. The van der Waals surface area contributed by atoms with Crippen LogP contribution in [0, 0.1) is 0 Å². The number of hydrogen-bond donors (Lipinski definition) is 0. The van der Waals surface area contributed by atoms with Crippen LogP contribution < -0.4 is 4.90 Å². The summed E-state index contributed by atoms with van der Waals surface area (Å²) in [6, 6.07) is 12.3. The number of piperazine rings is 1. The van der Waals surface area contributed by atoms with Crippen LogP contribution in [0.25, 0.3) is 38.8 Å². The summed E-state index contributed by atoms with van der Waals surface area (Å²) in [5.41, 5.74) is 5.35. The summed E-state index contributed by atoms with van der Waals surface area (Å²) in [6.45, 7) is 9.05. The molecule has 0 N–H and O–H groups in total. The van der Waals surface area contributed by atoms with Gasteiger partial charge in [0, 0.05) is 65.7 Å². The van der Waals surface area contributed by atoms with Crippen LogP contribution >= 0.6 is 11.3 Å². The van der Waals surface area contributed by atoms with Gasteiger partial charge in [-0.05, 0) is 48.8 Å². The molecule has 1 amide bonds. The molecular formula is C31H30F2N6OS. The molecule has 2 aliphatic heterocycles. The van der Waals surface area contributed by atoms with Gasteiger partial charge in [-0.1, -0.05) is 18.7 Å². The lowest BCUT2D eigenvalue weighted by molar-refractivity contribution is -0.127. The number of allylic oxidation sites excluding steroid dienone is 2. The summed E-state index contributed by atoms with van der Waals surface area (Å²) in [5, 5.41) is 7.65. The second-order valence-electron chi connectivity index (χ2n) is 10.3. The number of anilines is 1. The number of hydrogen-bond acceptors (Lipinski definition) is 6. The number of halogens is 2. The van der Waals surface area contributed by atoms with E-state index in [0.29, 0.717) is 36.6 Å². The molecule has 1 fully saturated rings. The number of benzene rings is 1. The van der Waals surface area contributed by atoms with E-state index in [4.69, 9.17) is 10.1 Å². The van der Waals surface area contributed by atoms with E-state index in [1.54, 1.807) is 4.90 Å². The van der Waals surface area contributed by atoms with Gasteiger partial charge in [0.05, 0.1) is 30.8 Å². The van der Waals surface area contributed by atoms with E-state index < -0.39 is 5.83 Å². The van der Waals surface area contributed by atoms with Crippen LogP contribution in [0.15, 0.2) is 72.7 Å². The third-order valence-corrected chi connectivity index (χ3v) is 8.63. The highest BCUT2D eigenvalue weighted by Crippen LogP contribution is 2.39. The summed E-state index contributed by atoms with van der Waals surface area (Å²) in [6.07, 6.45) is 3.58. The molecule has 6 rings (SSSR count). The van der Waals surface area contributed by atoms with E-state index in [9.17, 15) is 13.6 Å². The maximum Gasteiger partial charge on any atom is 0.246 e. The third kappa shape index (κ3) is 5.32. The van der Waals surface area contributed by atoms with Crippen molar-refractivity contribution in [1.29, 1.82) is 0 Å². The van der Waals surface area contributed by atoms with E-state index >= 15 is 0 Å². The fourth-order valence-electron chi connectivity index (χ4n) is 5.43. The predicted octanol–water partition coefficient (Wildman–Crippen LogP) is 5.90. The molecule has 210 valence electrons. The molecule has 41 heavy (non-hydrogen) atoms. The Morgan fingerprint density at radius 2 is 1.83 bits per heavy atom. The maximum atomic E-state index is 14.7. The van der Waals surface area contributed by atoms with Crippen molar-refractivity contribution in [2.45, 2.75) is 13.1 Å². The van der Waals surface area contributed by atoms with Crippen molar-refractivity contribution >= 4 is 39.1 Å². The number of aromatic nitrogens is 3. The number of amides is 1. The van der Waals surface area contributed by atoms with Gasteiger partial charge in [0.15, 0.2) is 0 Å². The zero-order valence-corrected chi connectivity index (χ0v) is 23.6. The van der Waals surface area contributed by atoms with Gasteiger partial charge in [-0.15, -0.1) is 11.3 Å². The van der Waals surface area contributed by atoms with Crippen LogP contribution in [-0.2, 0) is 17.9 Å². The Morgan fingerprint density at radius 3 is 2.56 bits per heavy atom. The standard InChI is InChI=1S/C31H30F2N6OS/c1-3-28(40)38-15-16-39-24(20-38)19-27(35-39)30-26(18-22(33)8-10-32)31-25(9-17-41-31)29(34-30)21-4-6-23(7-5-21)37-13-11-36(2)12-14-37/h3-10,17-19H,1,11-16,20H2,2H3/b10-8+,22-18?. The topological polar surface area (TPSA) is 57.5 Å². The van der Waals surface area contributed by atoms with Crippen molar-refractivity contribution in [2.24, 2.45) is 0 Å². The van der Waals surface area contributed by atoms with Crippen LogP contribution in [0.1, 0.15) is 11.3 Å². The SMILES string of the molecule is C=CC(=O)N1CCn2nc(-c3nc(-c4ccc(N5CCN(C)CC5)cc4)c4ccsc4c3C=C(F)/C=C/F)cc2C1. The number of likely N-dealkylation sites (N-methyl/N-ethyl adjacent to an activating group) is 1. The molecule has 0 saturated carbocycles. The molecule has 0 aliphatic carbocycles. The fraction of sp³-hybridized carbons (Fsp3) is 0.258. The Labute approximate surface area is 241 Å². The first-order valence-corrected chi connectivity index (χ1v) is 14.4. The smallest absolute Gasteiger partial charge is 0.246 e. The molecule has 2 aliphatic rings. The van der Waals surface area contributed by atoms with E-state index in [1.807, 2.05) is 22.2 Å². The molecular weight excluding hydrogens is 542 g/mol.